The molecular weight excluding hydrogens is 614 g/mol. The van der Waals surface area contributed by atoms with E-state index in [0.29, 0.717) is 6.42 Å². The van der Waals surface area contributed by atoms with Crippen LogP contribution < -0.4 is 37.6 Å². The van der Waals surface area contributed by atoms with E-state index < -0.39 is 59.7 Å². The van der Waals surface area contributed by atoms with E-state index in [9.17, 15) is 28.8 Å². The van der Waals surface area contributed by atoms with Crippen LogP contribution in [-0.4, -0.2) is 79.2 Å². The van der Waals surface area contributed by atoms with Gasteiger partial charge in [-0.3, -0.25) is 28.8 Å². The van der Waals surface area contributed by atoms with E-state index >= 15 is 0 Å². The maximum absolute atomic E-state index is 13.9. The second kappa shape index (κ2) is 19.8. The molecule has 2 rings (SSSR count). The largest absolute Gasteiger partial charge is 0.368 e. The molecule has 0 radical (unpaired) electrons. The molecule has 0 aromatic heterocycles. The van der Waals surface area contributed by atoms with E-state index in [1.807, 2.05) is 38.1 Å². The van der Waals surface area contributed by atoms with Crippen molar-refractivity contribution in [2.24, 2.45) is 17.6 Å². The molecule has 13 heteroatoms. The predicted molar refractivity (Wildman–Crippen MR) is 183 cm³/mol. The first kappa shape index (κ1) is 39.4. The zero-order valence-electron chi connectivity index (χ0n) is 28.7. The number of nitrogens with one attached hydrogen (secondary N) is 6. The van der Waals surface area contributed by atoms with Gasteiger partial charge in [-0.1, -0.05) is 88.4 Å². The van der Waals surface area contributed by atoms with E-state index in [1.165, 1.54) is 6.92 Å². The van der Waals surface area contributed by atoms with Crippen LogP contribution >= 0.6 is 0 Å². The number of hydrogen-bond acceptors (Lipinski definition) is 7. The standard InChI is InChI=1S/C35H51N7O6/c1-21(2)17-26(31(36)44)39-35(48)30(22(3)4)42-34(47)28(19-25-15-11-8-12-16-25)41-33(46)27(18-24-13-9-7-10-14-24)40-32(45)23(5)38-29(43)20-37-6/h7-16,21-23,26-28,30,37H,17-20H2,1-6H3,(H2,36,44)(H,38,43)(H,39,48)(H,40,45)(H,41,46)(H,42,47)/t23-,26-,27-,28-,30-/m1/s1. The average Bonchev–Trinajstić information content (AvgIpc) is 3.03. The molecule has 0 saturated heterocycles. The number of benzene rings is 2. The molecule has 0 aliphatic heterocycles. The Morgan fingerprint density at radius 3 is 1.50 bits per heavy atom. The van der Waals surface area contributed by atoms with E-state index in [4.69, 9.17) is 5.73 Å². The van der Waals surface area contributed by atoms with Crippen molar-refractivity contribution in [1.29, 1.82) is 0 Å². The summed E-state index contributed by atoms with van der Waals surface area (Å²) in [4.78, 5) is 78.3. The summed E-state index contributed by atoms with van der Waals surface area (Å²) in [6.07, 6.45) is 0.528. The summed E-state index contributed by atoms with van der Waals surface area (Å²) in [5.74, 6) is -3.78. The lowest BCUT2D eigenvalue weighted by Gasteiger charge is -2.28. The van der Waals surface area contributed by atoms with E-state index in [2.05, 4.69) is 31.9 Å². The highest BCUT2D eigenvalue weighted by Gasteiger charge is 2.33. The summed E-state index contributed by atoms with van der Waals surface area (Å²) >= 11 is 0. The van der Waals surface area contributed by atoms with Crippen molar-refractivity contribution in [3.8, 4) is 0 Å². The minimum Gasteiger partial charge on any atom is -0.368 e. The third-order valence-electron chi connectivity index (χ3n) is 7.55. The van der Waals surface area contributed by atoms with E-state index in [0.717, 1.165) is 11.1 Å². The van der Waals surface area contributed by atoms with Crippen LogP contribution in [0.25, 0.3) is 0 Å². The Morgan fingerprint density at radius 1 is 0.604 bits per heavy atom. The van der Waals surface area contributed by atoms with Crippen molar-refractivity contribution in [2.45, 2.75) is 84.1 Å². The Kier molecular flexibility index (Phi) is 16.2. The quantitative estimate of drug-likeness (QED) is 0.112. The van der Waals surface area contributed by atoms with Crippen molar-refractivity contribution in [1.82, 2.24) is 31.9 Å². The van der Waals surface area contributed by atoms with Crippen LogP contribution in [0, 0.1) is 11.8 Å². The van der Waals surface area contributed by atoms with Crippen LogP contribution in [0.5, 0.6) is 0 Å². The average molecular weight is 666 g/mol. The molecule has 13 nitrogen and oxygen atoms in total. The van der Waals surface area contributed by atoms with Gasteiger partial charge in [-0.15, -0.1) is 0 Å². The number of likely N-dealkylation sites (N-methyl/N-ethyl adjacent to an activating group) is 1. The molecule has 2 aromatic rings. The molecule has 5 atom stereocenters. The summed E-state index contributed by atoms with van der Waals surface area (Å²) in [5.41, 5.74) is 7.04. The number of nitrogens with two attached hydrogens (primary N) is 1. The van der Waals surface area contributed by atoms with Gasteiger partial charge in [0.15, 0.2) is 0 Å². The smallest absolute Gasteiger partial charge is 0.243 e. The minimum absolute atomic E-state index is 0.0120. The number of rotatable bonds is 19. The first-order valence-corrected chi connectivity index (χ1v) is 16.2. The van der Waals surface area contributed by atoms with Gasteiger partial charge in [0.2, 0.25) is 35.4 Å². The Bertz CT molecular complexity index is 1370. The second-order valence-electron chi connectivity index (χ2n) is 12.6. The number of primary amides is 1. The van der Waals surface area contributed by atoms with Crippen LogP contribution in [0.1, 0.15) is 52.2 Å². The van der Waals surface area contributed by atoms with E-state index in [1.54, 1.807) is 57.3 Å². The second-order valence-corrected chi connectivity index (χ2v) is 12.6. The van der Waals surface area contributed by atoms with Gasteiger partial charge in [0.25, 0.3) is 0 Å². The van der Waals surface area contributed by atoms with Gasteiger partial charge < -0.3 is 37.6 Å². The lowest BCUT2D eigenvalue weighted by Crippen LogP contribution is -2.60. The monoisotopic (exact) mass is 665 g/mol. The van der Waals surface area contributed by atoms with E-state index in [-0.39, 0.29) is 37.1 Å². The summed E-state index contributed by atoms with van der Waals surface area (Å²) in [6.45, 7) is 8.81. The maximum Gasteiger partial charge on any atom is 0.243 e. The van der Waals surface area contributed by atoms with Crippen LogP contribution in [0.3, 0.4) is 0 Å². The lowest BCUT2D eigenvalue weighted by atomic mass is 9.98. The number of carbonyl (C=O) groups is 6. The molecule has 0 heterocycles. The third kappa shape index (κ3) is 13.5. The Hall–Kier alpha value is -4.78. The molecule has 0 aliphatic carbocycles. The fraction of sp³-hybridized carbons (Fsp3) is 0.486. The first-order chi connectivity index (χ1) is 22.7. The van der Waals surface area contributed by atoms with Crippen molar-refractivity contribution >= 4 is 35.4 Å². The highest BCUT2D eigenvalue weighted by molar-refractivity contribution is 5.96. The highest BCUT2D eigenvalue weighted by atomic mass is 16.2. The number of hydrogen-bond donors (Lipinski definition) is 7. The van der Waals surface area contributed by atoms with Crippen molar-refractivity contribution in [3.63, 3.8) is 0 Å². The molecule has 2 aromatic carbocycles. The first-order valence-electron chi connectivity index (χ1n) is 16.2. The summed E-state index contributed by atoms with van der Waals surface area (Å²) in [7, 11) is 1.60. The van der Waals surface area contributed by atoms with Gasteiger partial charge in [0.1, 0.15) is 30.2 Å². The summed E-state index contributed by atoms with van der Waals surface area (Å²) in [6, 6.07) is 13.0. The summed E-state index contributed by atoms with van der Waals surface area (Å²) < 4.78 is 0. The molecule has 0 aliphatic rings. The Morgan fingerprint density at radius 2 is 1.06 bits per heavy atom. The van der Waals surface area contributed by atoms with Crippen LogP contribution in [0.2, 0.25) is 0 Å². The van der Waals surface area contributed by atoms with Gasteiger partial charge in [0, 0.05) is 12.8 Å². The molecular formula is C35H51N7O6. The van der Waals surface area contributed by atoms with Crippen LogP contribution in [-0.2, 0) is 41.6 Å². The molecule has 0 unspecified atom stereocenters. The van der Waals surface area contributed by atoms with Gasteiger partial charge in [-0.05, 0) is 43.4 Å². The molecule has 0 saturated carbocycles. The van der Waals surface area contributed by atoms with Crippen molar-refractivity contribution in [2.75, 3.05) is 13.6 Å². The number of amides is 6. The van der Waals surface area contributed by atoms with Gasteiger partial charge in [-0.2, -0.15) is 0 Å². The Balaban J connectivity index is 2.35. The maximum atomic E-state index is 13.9. The van der Waals surface area contributed by atoms with Gasteiger partial charge in [0.05, 0.1) is 6.54 Å². The fourth-order valence-electron chi connectivity index (χ4n) is 4.97. The molecule has 8 N–H and O–H groups in total. The van der Waals surface area contributed by atoms with Gasteiger partial charge in [-0.25, -0.2) is 0 Å². The van der Waals surface area contributed by atoms with Crippen LogP contribution in [0.4, 0.5) is 0 Å². The molecule has 0 bridgehead atoms. The van der Waals surface area contributed by atoms with Gasteiger partial charge >= 0.3 is 0 Å². The zero-order valence-corrected chi connectivity index (χ0v) is 28.7. The molecule has 0 fully saturated rings. The topological polar surface area (TPSA) is 201 Å². The van der Waals surface area contributed by atoms with Crippen molar-refractivity contribution < 1.29 is 28.8 Å². The molecule has 262 valence electrons. The Labute approximate surface area is 282 Å². The SMILES string of the molecule is CNCC(=O)N[C@H](C)C(=O)N[C@H](Cc1ccccc1)C(=O)N[C@H](Cc1ccccc1)C(=O)N[C@@H](C(=O)N[C@H](CC(C)C)C(N)=O)C(C)C. The predicted octanol–water partition coefficient (Wildman–Crippen LogP) is 0.323. The highest BCUT2D eigenvalue weighted by Crippen LogP contribution is 2.11. The lowest BCUT2D eigenvalue weighted by molar-refractivity contribution is -0.135. The number of carbonyl (C=O) groups excluding carboxylic acids is 6. The summed E-state index contributed by atoms with van der Waals surface area (Å²) in [5, 5.41) is 16.2. The molecule has 0 spiro atoms. The fourth-order valence-corrected chi connectivity index (χ4v) is 4.97. The minimum atomic E-state index is -1.14. The zero-order chi connectivity index (χ0) is 35.8. The normalized spacial score (nSPS) is 14.2. The molecule has 6 amide bonds. The van der Waals surface area contributed by atoms with Crippen LogP contribution in [0.15, 0.2) is 60.7 Å². The van der Waals surface area contributed by atoms with Crippen molar-refractivity contribution in [3.05, 3.63) is 71.8 Å². The molecule has 48 heavy (non-hydrogen) atoms. The third-order valence-corrected chi connectivity index (χ3v) is 7.55.